The molecule has 0 aliphatic carbocycles. The van der Waals surface area contributed by atoms with E-state index in [1.807, 2.05) is 0 Å². The summed E-state index contributed by atoms with van der Waals surface area (Å²) in [5, 5.41) is 0. The molecule has 2 aliphatic rings. The number of esters is 2. The number of rotatable bonds is 6. The highest BCUT2D eigenvalue weighted by Crippen LogP contribution is 2.40. The second-order valence-electron chi connectivity index (χ2n) is 12.4. The Morgan fingerprint density at radius 3 is 1.31 bits per heavy atom. The van der Waals surface area contributed by atoms with Crippen LogP contribution in [0, 0.1) is 0 Å². The lowest BCUT2D eigenvalue weighted by molar-refractivity contribution is -0.138. The second-order valence-corrected chi connectivity index (χ2v) is 41.2. The van der Waals surface area contributed by atoms with Crippen molar-refractivity contribution in [3.05, 3.63) is 12.2 Å². The molecule has 0 amide bonds. The molecule has 0 radical (unpaired) electrons. The molecule has 0 N–H and O–H groups in total. The molecule has 2 fully saturated rings. The van der Waals surface area contributed by atoms with E-state index in [9.17, 15) is 9.59 Å². The Morgan fingerprint density at radius 2 is 1.03 bits per heavy atom. The molecule has 2 atom stereocenters. The van der Waals surface area contributed by atoms with Crippen molar-refractivity contribution < 1.29 is 27.9 Å². The molecule has 2 heterocycles. The van der Waals surface area contributed by atoms with E-state index in [1.54, 1.807) is 0 Å². The molecular weight excluding hydrogens is 473 g/mol. The van der Waals surface area contributed by atoms with E-state index in [4.69, 9.17) is 18.3 Å². The molecule has 2 unspecified atom stereocenters. The van der Waals surface area contributed by atoms with Crippen LogP contribution in [0.4, 0.5) is 0 Å². The molecule has 184 valence electrons. The number of ether oxygens (including phenoxy) is 2. The van der Waals surface area contributed by atoms with Crippen LogP contribution >= 0.6 is 0 Å². The van der Waals surface area contributed by atoms with Gasteiger partial charge in [0.1, 0.15) is 15.2 Å². The van der Waals surface area contributed by atoms with Crippen molar-refractivity contribution in [1.29, 1.82) is 0 Å². The van der Waals surface area contributed by atoms with Gasteiger partial charge in [-0.3, -0.25) is 0 Å². The van der Waals surface area contributed by atoms with Gasteiger partial charge in [0, 0.05) is 12.2 Å². The molecule has 0 saturated carbocycles. The van der Waals surface area contributed by atoms with Crippen LogP contribution in [0.5, 0.6) is 0 Å². The first-order valence-corrected chi connectivity index (χ1v) is 25.4. The third-order valence-electron chi connectivity index (χ3n) is 7.95. The summed E-state index contributed by atoms with van der Waals surface area (Å²) in [5.41, 5.74) is -0.182. The van der Waals surface area contributed by atoms with Gasteiger partial charge in [-0.05, 0) is 66.7 Å². The van der Waals surface area contributed by atoms with Crippen molar-refractivity contribution >= 4 is 42.8 Å². The Morgan fingerprint density at radius 1 is 0.719 bits per heavy atom. The minimum Gasteiger partial charge on any atom is -0.466 e. The third kappa shape index (κ3) is 6.53. The van der Waals surface area contributed by atoms with Crippen LogP contribution in [-0.4, -0.2) is 66.5 Å². The SMILES string of the molecule is CC1(C)CC[Si](C)(COC(=O)C=CC(=O)OC[Si]2(C)CCC(C)(C)O[Si]2(C)C)[Si](C)(C)O1. The van der Waals surface area contributed by atoms with Crippen LogP contribution < -0.4 is 0 Å². The normalized spacial score (nSPS) is 32.9. The highest BCUT2D eigenvalue weighted by Gasteiger charge is 2.55. The Kier molecular flexibility index (Phi) is 8.01. The molecule has 2 rings (SSSR count). The fraction of sp³-hybridized carbons (Fsp3) is 0.818. The van der Waals surface area contributed by atoms with Crippen molar-refractivity contribution in [2.45, 2.75) is 103 Å². The molecular formula is C22H44O6Si4. The van der Waals surface area contributed by atoms with Crippen LogP contribution in [0.1, 0.15) is 40.5 Å². The molecule has 0 aromatic rings. The van der Waals surface area contributed by atoms with Gasteiger partial charge in [-0.2, -0.15) is 0 Å². The van der Waals surface area contributed by atoms with Gasteiger partial charge < -0.3 is 18.3 Å². The van der Waals surface area contributed by atoms with Gasteiger partial charge in [0.15, 0.2) is 15.7 Å². The summed E-state index contributed by atoms with van der Waals surface area (Å²) in [6.45, 7) is 22.1. The Labute approximate surface area is 198 Å². The van der Waals surface area contributed by atoms with E-state index in [2.05, 4.69) is 67.0 Å². The van der Waals surface area contributed by atoms with Gasteiger partial charge in [-0.15, -0.1) is 0 Å². The van der Waals surface area contributed by atoms with Crippen LogP contribution in [0.2, 0.25) is 51.4 Å². The van der Waals surface area contributed by atoms with Gasteiger partial charge in [-0.25, -0.2) is 9.59 Å². The lowest BCUT2D eigenvalue weighted by Gasteiger charge is -2.50. The minimum atomic E-state index is -1.91. The molecule has 2 aliphatic heterocycles. The van der Waals surface area contributed by atoms with Crippen molar-refractivity contribution in [3.63, 3.8) is 0 Å². The molecule has 0 bridgehead atoms. The summed E-state index contributed by atoms with van der Waals surface area (Å²) in [6.07, 6.45) is 5.28. The number of hydrogen-bond acceptors (Lipinski definition) is 6. The fourth-order valence-corrected chi connectivity index (χ4v) is 23.6. The monoisotopic (exact) mass is 516 g/mol. The smallest absolute Gasteiger partial charge is 0.330 e. The summed E-state index contributed by atoms with van der Waals surface area (Å²) in [4.78, 5) is 24.6. The topological polar surface area (TPSA) is 71.1 Å². The summed E-state index contributed by atoms with van der Waals surface area (Å²) in [6, 6.07) is 2.19. The fourth-order valence-electron chi connectivity index (χ4n) is 4.67. The van der Waals surface area contributed by atoms with E-state index < -0.39 is 42.8 Å². The number of carbonyl (C=O) groups is 2. The highest BCUT2D eigenvalue weighted by atomic mass is 29.3. The number of carbonyl (C=O) groups excluding carboxylic acids is 2. The number of hydrogen-bond donors (Lipinski definition) is 0. The first-order valence-electron chi connectivity index (χ1n) is 11.7. The van der Waals surface area contributed by atoms with Crippen LogP contribution in [0.25, 0.3) is 0 Å². The Hall–Kier alpha value is -0.532. The Balaban J connectivity index is 1.86. The predicted octanol–water partition coefficient (Wildman–Crippen LogP) is 4.83. The van der Waals surface area contributed by atoms with Gasteiger partial charge in [0.2, 0.25) is 0 Å². The largest absolute Gasteiger partial charge is 0.466 e. The summed E-state index contributed by atoms with van der Waals surface area (Å²) >= 11 is 0. The summed E-state index contributed by atoms with van der Waals surface area (Å²) in [5.74, 6) is -0.961. The van der Waals surface area contributed by atoms with E-state index in [0.29, 0.717) is 12.5 Å². The summed E-state index contributed by atoms with van der Waals surface area (Å²) in [7, 11) is -7.48. The molecule has 32 heavy (non-hydrogen) atoms. The molecule has 0 aromatic carbocycles. The maximum absolute atomic E-state index is 12.3. The van der Waals surface area contributed by atoms with Crippen LogP contribution in [0.15, 0.2) is 12.2 Å². The zero-order chi connectivity index (χ0) is 24.6. The van der Waals surface area contributed by atoms with Gasteiger partial charge in [-0.1, -0.05) is 25.2 Å². The van der Waals surface area contributed by atoms with Crippen LogP contribution in [0.3, 0.4) is 0 Å². The lowest BCUT2D eigenvalue weighted by Crippen LogP contribution is -2.68. The predicted molar refractivity (Wildman–Crippen MR) is 138 cm³/mol. The zero-order valence-electron chi connectivity index (χ0n) is 21.8. The van der Waals surface area contributed by atoms with Crippen molar-refractivity contribution in [2.24, 2.45) is 0 Å². The average molecular weight is 517 g/mol. The van der Waals surface area contributed by atoms with Gasteiger partial charge in [0.25, 0.3) is 0 Å². The van der Waals surface area contributed by atoms with Gasteiger partial charge >= 0.3 is 11.9 Å². The van der Waals surface area contributed by atoms with E-state index in [1.165, 1.54) is 12.2 Å². The van der Waals surface area contributed by atoms with Gasteiger partial charge in [0.05, 0.1) is 23.7 Å². The van der Waals surface area contributed by atoms with Crippen molar-refractivity contribution in [1.82, 2.24) is 0 Å². The second kappa shape index (κ2) is 9.25. The average Bonchev–Trinajstić information content (AvgIpc) is 2.62. The van der Waals surface area contributed by atoms with E-state index >= 15 is 0 Å². The molecule has 2 saturated heterocycles. The van der Waals surface area contributed by atoms with E-state index in [-0.39, 0.29) is 11.2 Å². The standard InChI is InChI=1S/C22H44O6Si4/c1-21(2)13-15-31(9,29(5,6)27-21)17-25-19(23)11-12-20(24)26-18-32(10)16-14-22(3,4)28-30(32,7)8/h11-12H,13-18H2,1-10H3. The molecule has 0 spiro atoms. The van der Waals surface area contributed by atoms with E-state index in [0.717, 1.165) is 24.9 Å². The zero-order valence-corrected chi connectivity index (χ0v) is 25.8. The maximum atomic E-state index is 12.3. The molecule has 6 nitrogen and oxygen atoms in total. The molecule has 10 heteroatoms. The first kappa shape index (κ1) is 27.7. The highest BCUT2D eigenvalue weighted by molar-refractivity contribution is 7.39. The molecule has 0 aromatic heterocycles. The first-order chi connectivity index (χ1) is 14.3. The third-order valence-corrected chi connectivity index (χ3v) is 40.6. The lowest BCUT2D eigenvalue weighted by atomic mass is 10.1. The van der Waals surface area contributed by atoms with Crippen molar-refractivity contribution in [2.75, 3.05) is 12.5 Å². The summed E-state index contributed by atoms with van der Waals surface area (Å²) < 4.78 is 24.1. The minimum absolute atomic E-state index is 0.0909. The quantitative estimate of drug-likeness (QED) is 0.286. The van der Waals surface area contributed by atoms with Crippen LogP contribution in [-0.2, 0) is 27.9 Å². The van der Waals surface area contributed by atoms with Crippen molar-refractivity contribution in [3.8, 4) is 0 Å². The maximum Gasteiger partial charge on any atom is 0.330 e. The Bertz CT molecular complexity index is 702.